The fraction of sp³-hybridized carbons (Fsp3) is 0.727. The van der Waals surface area contributed by atoms with Gasteiger partial charge in [-0.05, 0) is 32.0 Å². The fourth-order valence-corrected chi connectivity index (χ4v) is 3.12. The Morgan fingerprint density at radius 1 is 1.23 bits per heavy atom. The van der Waals surface area contributed by atoms with Gasteiger partial charge in [0, 0.05) is 26.6 Å². The first-order chi connectivity index (χ1) is 10.2. The number of rotatable bonds is 6. The fourth-order valence-electron chi connectivity index (χ4n) is 1.60. The summed E-state index contributed by atoms with van der Waals surface area (Å²) in [5.41, 5.74) is 2.45. The first-order valence-corrected chi connectivity index (χ1v) is 9.22. The van der Waals surface area contributed by atoms with E-state index in [1.807, 2.05) is 6.92 Å². The third kappa shape index (κ3) is 6.38. The van der Waals surface area contributed by atoms with Gasteiger partial charge in [0.15, 0.2) is 5.11 Å². The molecule has 1 aliphatic rings. The lowest BCUT2D eigenvalue weighted by Gasteiger charge is -2.23. The van der Waals surface area contributed by atoms with E-state index < -0.39 is 21.7 Å². The van der Waals surface area contributed by atoms with Crippen molar-refractivity contribution >= 4 is 50.5 Å². The predicted octanol–water partition coefficient (Wildman–Crippen LogP) is -0.653. The molecule has 0 heterocycles. The number of hydrogen-bond donors (Lipinski definition) is 3. The summed E-state index contributed by atoms with van der Waals surface area (Å²) in [6.45, 7) is 2.40. The second-order valence-electron chi connectivity index (χ2n) is 4.95. The largest absolute Gasteiger partial charge is 0.362 e. The van der Waals surface area contributed by atoms with E-state index in [2.05, 4.69) is 15.6 Å². The molecule has 0 atom stereocenters. The summed E-state index contributed by atoms with van der Waals surface area (Å²) in [7, 11) is -0.798. The standard InChI is InChI=1S/C11H21N5O3S3/c1-4-12-11(21)16(3)14-22(18,19)7-9(17)13-15(2)10(20)8-5-6-8/h8,14H,4-7H2,1-3H3,(H,12,21)(H,13,17). The molecule has 1 fully saturated rings. The lowest BCUT2D eigenvalue weighted by atomic mass is 10.4. The Hall–Kier alpha value is -1.04. The maximum atomic E-state index is 11.9. The Balaban J connectivity index is 2.47. The van der Waals surface area contributed by atoms with E-state index in [0.29, 0.717) is 17.5 Å². The molecule has 0 saturated heterocycles. The number of amides is 1. The summed E-state index contributed by atoms with van der Waals surface area (Å²) >= 11 is 10.1. The lowest BCUT2D eigenvalue weighted by Crippen LogP contribution is -2.51. The van der Waals surface area contributed by atoms with Crippen molar-refractivity contribution in [3.63, 3.8) is 0 Å². The zero-order chi connectivity index (χ0) is 16.9. The molecule has 8 nitrogen and oxygen atoms in total. The molecule has 1 aliphatic carbocycles. The van der Waals surface area contributed by atoms with E-state index in [-0.39, 0.29) is 5.11 Å². The second kappa shape index (κ2) is 7.99. The zero-order valence-corrected chi connectivity index (χ0v) is 15.2. The van der Waals surface area contributed by atoms with Crippen LogP contribution in [0.25, 0.3) is 0 Å². The molecule has 0 unspecified atom stereocenters. The molecule has 0 aromatic rings. The van der Waals surface area contributed by atoms with Gasteiger partial charge < -0.3 is 5.32 Å². The topological polar surface area (TPSA) is 93.8 Å². The Kier molecular flexibility index (Phi) is 6.91. The van der Waals surface area contributed by atoms with Crippen LogP contribution in [0.2, 0.25) is 0 Å². The number of thiocarbonyl (C=S) groups is 2. The Bertz CT molecular complexity index is 547. The molecule has 0 spiro atoms. The van der Waals surface area contributed by atoms with Crippen LogP contribution < -0.4 is 15.6 Å². The number of hydrazine groups is 2. The molecule has 11 heteroatoms. The van der Waals surface area contributed by atoms with Gasteiger partial charge in [0.1, 0.15) is 5.75 Å². The van der Waals surface area contributed by atoms with Gasteiger partial charge in [-0.3, -0.25) is 20.2 Å². The van der Waals surface area contributed by atoms with Crippen LogP contribution in [0.1, 0.15) is 19.8 Å². The van der Waals surface area contributed by atoms with E-state index in [1.54, 1.807) is 7.05 Å². The van der Waals surface area contributed by atoms with Gasteiger partial charge in [-0.2, -0.15) is 0 Å². The maximum Gasteiger partial charge on any atom is 0.255 e. The molecular weight excluding hydrogens is 346 g/mol. The summed E-state index contributed by atoms with van der Waals surface area (Å²) in [5.74, 6) is -1.08. The first kappa shape index (κ1) is 19.0. The van der Waals surface area contributed by atoms with Crippen molar-refractivity contribution in [1.82, 2.24) is 25.6 Å². The summed E-state index contributed by atoms with van der Waals surface area (Å²) in [6, 6.07) is 0. The van der Waals surface area contributed by atoms with Crippen LogP contribution in [-0.4, -0.2) is 60.8 Å². The molecule has 1 amide bonds. The SMILES string of the molecule is CCNC(=S)N(C)NS(=O)(=O)CC(=O)NN(C)C(=S)C1CC1. The Morgan fingerprint density at radius 2 is 1.82 bits per heavy atom. The van der Waals surface area contributed by atoms with Gasteiger partial charge >= 0.3 is 0 Å². The normalized spacial score (nSPS) is 14.1. The Morgan fingerprint density at radius 3 is 2.32 bits per heavy atom. The van der Waals surface area contributed by atoms with Crippen LogP contribution in [0.5, 0.6) is 0 Å². The van der Waals surface area contributed by atoms with Gasteiger partial charge in [0.2, 0.25) is 10.0 Å². The highest BCUT2D eigenvalue weighted by molar-refractivity contribution is 7.90. The summed E-state index contributed by atoms with van der Waals surface area (Å²) in [4.78, 5) is 14.6. The minimum Gasteiger partial charge on any atom is -0.362 e. The van der Waals surface area contributed by atoms with Crippen molar-refractivity contribution in [2.75, 3.05) is 26.4 Å². The van der Waals surface area contributed by atoms with Crippen LogP contribution in [0, 0.1) is 5.92 Å². The molecular formula is C11H21N5O3S3. The van der Waals surface area contributed by atoms with E-state index in [0.717, 1.165) is 17.9 Å². The highest BCUT2D eigenvalue weighted by Gasteiger charge is 2.29. The van der Waals surface area contributed by atoms with E-state index in [1.165, 1.54) is 12.1 Å². The Labute approximate surface area is 141 Å². The molecule has 22 heavy (non-hydrogen) atoms. The predicted molar refractivity (Wildman–Crippen MR) is 92.2 cm³/mol. The molecule has 0 aliphatic heterocycles. The van der Waals surface area contributed by atoms with Gasteiger partial charge in [-0.15, -0.1) is 4.83 Å². The van der Waals surface area contributed by atoms with Gasteiger partial charge in [-0.1, -0.05) is 12.2 Å². The van der Waals surface area contributed by atoms with Crippen LogP contribution in [0.4, 0.5) is 0 Å². The highest BCUT2D eigenvalue weighted by atomic mass is 32.2. The smallest absolute Gasteiger partial charge is 0.255 e. The van der Waals surface area contributed by atoms with Crippen LogP contribution in [0.15, 0.2) is 0 Å². The van der Waals surface area contributed by atoms with Crippen molar-refractivity contribution in [3.05, 3.63) is 0 Å². The van der Waals surface area contributed by atoms with Crippen LogP contribution in [-0.2, 0) is 14.8 Å². The molecule has 0 aromatic carbocycles. The van der Waals surface area contributed by atoms with Gasteiger partial charge in [-0.25, -0.2) is 8.42 Å². The zero-order valence-electron chi connectivity index (χ0n) is 12.7. The number of carbonyl (C=O) groups excluding carboxylic acids is 1. The van der Waals surface area contributed by atoms with Crippen molar-refractivity contribution in [2.45, 2.75) is 19.8 Å². The summed E-state index contributed by atoms with van der Waals surface area (Å²) < 4.78 is 23.8. The number of hydrogen-bond acceptors (Lipinski definition) is 5. The monoisotopic (exact) mass is 367 g/mol. The molecule has 126 valence electrons. The molecule has 3 N–H and O–H groups in total. The quantitative estimate of drug-likeness (QED) is 0.421. The van der Waals surface area contributed by atoms with Crippen molar-refractivity contribution in [1.29, 1.82) is 0 Å². The average Bonchev–Trinajstić information content (AvgIpc) is 3.20. The number of carbonyl (C=O) groups is 1. The molecule has 0 aromatic heterocycles. The van der Waals surface area contributed by atoms with E-state index in [9.17, 15) is 13.2 Å². The summed E-state index contributed by atoms with van der Waals surface area (Å²) in [5, 5.41) is 5.55. The third-order valence-corrected chi connectivity index (χ3v) is 5.00. The van der Waals surface area contributed by atoms with Crippen molar-refractivity contribution in [2.24, 2.45) is 5.92 Å². The molecule has 1 rings (SSSR count). The maximum absolute atomic E-state index is 11.9. The van der Waals surface area contributed by atoms with Crippen LogP contribution in [0.3, 0.4) is 0 Å². The van der Waals surface area contributed by atoms with Crippen molar-refractivity contribution < 1.29 is 13.2 Å². The first-order valence-electron chi connectivity index (χ1n) is 6.75. The highest BCUT2D eigenvalue weighted by Crippen LogP contribution is 2.31. The van der Waals surface area contributed by atoms with Crippen LogP contribution >= 0.6 is 24.4 Å². The number of nitrogens with one attached hydrogen (secondary N) is 3. The number of nitrogens with zero attached hydrogens (tertiary/aromatic N) is 2. The third-order valence-electron chi connectivity index (χ3n) is 2.78. The summed E-state index contributed by atoms with van der Waals surface area (Å²) in [6.07, 6.45) is 2.01. The minimum absolute atomic E-state index is 0.221. The molecule has 0 bridgehead atoms. The molecule has 1 saturated carbocycles. The lowest BCUT2D eigenvalue weighted by molar-refractivity contribution is -0.121. The van der Waals surface area contributed by atoms with E-state index in [4.69, 9.17) is 24.4 Å². The number of sulfonamides is 1. The van der Waals surface area contributed by atoms with Gasteiger partial charge in [0.05, 0.1) is 4.99 Å². The second-order valence-corrected chi connectivity index (χ2v) is 7.46. The van der Waals surface area contributed by atoms with Crippen molar-refractivity contribution in [3.8, 4) is 0 Å². The van der Waals surface area contributed by atoms with E-state index >= 15 is 0 Å². The molecule has 0 radical (unpaired) electrons. The van der Waals surface area contributed by atoms with Gasteiger partial charge in [0.25, 0.3) is 5.91 Å². The minimum atomic E-state index is -3.85. The average molecular weight is 368 g/mol.